The van der Waals surface area contributed by atoms with Crippen molar-refractivity contribution >= 4 is 40.7 Å². The highest BCUT2D eigenvalue weighted by Gasteiger charge is 2.16. The number of benzene rings is 1. The zero-order valence-corrected chi connectivity index (χ0v) is 12.1. The molecule has 1 aromatic rings. The van der Waals surface area contributed by atoms with Crippen molar-refractivity contribution in [3.63, 3.8) is 0 Å². The number of carbonyl (C=O) groups excluding carboxylic acids is 2. The van der Waals surface area contributed by atoms with Gasteiger partial charge in [0.2, 0.25) is 5.91 Å². The lowest BCUT2D eigenvalue weighted by Crippen LogP contribution is -2.25. The largest absolute Gasteiger partial charge is 0.496 e. The minimum Gasteiger partial charge on any atom is -0.496 e. The Morgan fingerprint density at radius 2 is 2.05 bits per heavy atom. The molecule has 0 atom stereocenters. The van der Waals surface area contributed by atoms with Crippen LogP contribution in [0.5, 0.6) is 5.75 Å². The molecule has 104 valence electrons. The second-order valence-electron chi connectivity index (χ2n) is 3.66. The topological polar surface area (TPSA) is 67.4 Å². The van der Waals surface area contributed by atoms with Gasteiger partial charge in [0.25, 0.3) is 5.91 Å². The van der Waals surface area contributed by atoms with Crippen molar-refractivity contribution in [1.82, 2.24) is 5.32 Å². The van der Waals surface area contributed by atoms with Crippen LogP contribution in [0.25, 0.3) is 0 Å². The lowest BCUT2D eigenvalue weighted by atomic mass is 10.1. The van der Waals surface area contributed by atoms with E-state index in [2.05, 4.69) is 10.6 Å². The third-order valence-corrected chi connectivity index (χ3v) is 2.73. The second-order valence-corrected chi connectivity index (χ2v) is 4.44. The maximum atomic E-state index is 11.9. The summed E-state index contributed by atoms with van der Waals surface area (Å²) in [4.78, 5) is 22.9. The van der Waals surface area contributed by atoms with E-state index in [4.69, 9.17) is 27.9 Å². The van der Waals surface area contributed by atoms with Crippen LogP contribution in [0, 0.1) is 0 Å². The first-order chi connectivity index (χ1) is 8.99. The van der Waals surface area contributed by atoms with Crippen LogP contribution in [0.3, 0.4) is 0 Å². The van der Waals surface area contributed by atoms with Crippen LogP contribution in [0.2, 0.25) is 5.02 Å². The lowest BCUT2D eigenvalue weighted by Gasteiger charge is -2.12. The van der Waals surface area contributed by atoms with Gasteiger partial charge in [-0.1, -0.05) is 11.6 Å². The molecule has 2 N–H and O–H groups in total. The lowest BCUT2D eigenvalue weighted by molar-refractivity contribution is -0.114. The number of nitrogens with one attached hydrogen (secondary N) is 2. The van der Waals surface area contributed by atoms with Crippen LogP contribution in [-0.4, -0.2) is 31.3 Å². The normalized spacial score (nSPS) is 9.89. The van der Waals surface area contributed by atoms with Crippen molar-refractivity contribution in [3.8, 4) is 5.75 Å². The number of anilines is 1. The number of alkyl halides is 1. The van der Waals surface area contributed by atoms with Crippen molar-refractivity contribution < 1.29 is 14.3 Å². The number of methoxy groups -OCH3 is 1. The summed E-state index contributed by atoms with van der Waals surface area (Å²) < 4.78 is 5.12. The fourth-order valence-corrected chi connectivity index (χ4v) is 1.75. The van der Waals surface area contributed by atoms with Crippen molar-refractivity contribution in [2.75, 3.05) is 24.9 Å². The van der Waals surface area contributed by atoms with E-state index < -0.39 is 0 Å². The number of carbonyl (C=O) groups is 2. The van der Waals surface area contributed by atoms with E-state index in [1.807, 2.05) is 0 Å². The van der Waals surface area contributed by atoms with Crippen molar-refractivity contribution in [2.45, 2.75) is 6.92 Å². The van der Waals surface area contributed by atoms with E-state index in [-0.39, 0.29) is 22.4 Å². The molecule has 0 aliphatic rings. The molecule has 0 unspecified atom stereocenters. The number of hydrogen-bond donors (Lipinski definition) is 2. The monoisotopic (exact) mass is 304 g/mol. The molecule has 1 rings (SSSR count). The van der Waals surface area contributed by atoms with Gasteiger partial charge in [-0.05, 0) is 6.07 Å². The molecule has 0 aliphatic heterocycles. The molecule has 0 saturated heterocycles. The van der Waals surface area contributed by atoms with Gasteiger partial charge in [-0.2, -0.15) is 0 Å². The highest BCUT2D eigenvalue weighted by molar-refractivity contribution is 6.34. The first-order valence-electron chi connectivity index (χ1n) is 5.49. The summed E-state index contributed by atoms with van der Waals surface area (Å²) in [5.41, 5.74) is 0.673. The van der Waals surface area contributed by atoms with Gasteiger partial charge in [0.1, 0.15) is 5.75 Å². The standard InChI is InChI=1S/C12H14Cl2N2O3/c1-7(17)16-10-6-11(19-2)8(5-9(10)14)12(18)15-4-3-13/h5-6H,3-4H2,1-2H3,(H,15,18)(H,16,17). The number of amides is 2. The quantitative estimate of drug-likeness (QED) is 0.820. The molecule has 7 heteroatoms. The Kier molecular flexibility index (Phi) is 5.92. The fraction of sp³-hybridized carbons (Fsp3) is 0.333. The molecule has 0 radical (unpaired) electrons. The molecule has 0 spiro atoms. The van der Waals surface area contributed by atoms with E-state index in [0.29, 0.717) is 23.9 Å². The Hall–Kier alpha value is -1.46. The summed E-state index contributed by atoms with van der Waals surface area (Å²) in [7, 11) is 1.43. The zero-order valence-electron chi connectivity index (χ0n) is 10.5. The Balaban J connectivity index is 3.09. The fourth-order valence-electron chi connectivity index (χ4n) is 1.44. The minimum absolute atomic E-state index is 0.257. The maximum Gasteiger partial charge on any atom is 0.255 e. The van der Waals surface area contributed by atoms with E-state index in [1.165, 1.54) is 26.2 Å². The molecule has 19 heavy (non-hydrogen) atoms. The molecule has 0 fully saturated rings. The summed E-state index contributed by atoms with van der Waals surface area (Å²) in [6, 6.07) is 2.94. The van der Waals surface area contributed by atoms with E-state index in [1.54, 1.807) is 0 Å². The Morgan fingerprint density at radius 3 is 2.58 bits per heavy atom. The smallest absolute Gasteiger partial charge is 0.255 e. The first kappa shape index (κ1) is 15.6. The number of halogens is 2. The predicted octanol–water partition coefficient (Wildman–Crippen LogP) is 2.28. The summed E-state index contributed by atoms with van der Waals surface area (Å²) in [6.45, 7) is 1.71. The maximum absolute atomic E-state index is 11.9. The Morgan fingerprint density at radius 1 is 1.37 bits per heavy atom. The second kappa shape index (κ2) is 7.21. The van der Waals surface area contributed by atoms with E-state index in [9.17, 15) is 9.59 Å². The molecular weight excluding hydrogens is 291 g/mol. The molecular formula is C12H14Cl2N2O3. The average Bonchev–Trinajstić information content (AvgIpc) is 2.37. The van der Waals surface area contributed by atoms with Gasteiger partial charge < -0.3 is 15.4 Å². The SMILES string of the molecule is COc1cc(NC(C)=O)c(Cl)cc1C(=O)NCCCl. The van der Waals surface area contributed by atoms with Gasteiger partial charge in [0.05, 0.1) is 23.4 Å². The zero-order chi connectivity index (χ0) is 14.4. The molecule has 0 bridgehead atoms. The summed E-state index contributed by atoms with van der Waals surface area (Å²) in [5.74, 6) is 0.0310. The predicted molar refractivity (Wildman–Crippen MR) is 75.4 cm³/mol. The number of hydrogen-bond acceptors (Lipinski definition) is 3. The summed E-state index contributed by atoms with van der Waals surface area (Å²) >= 11 is 11.5. The van der Waals surface area contributed by atoms with E-state index >= 15 is 0 Å². The van der Waals surface area contributed by atoms with Gasteiger partial charge >= 0.3 is 0 Å². The Bertz CT molecular complexity index is 492. The van der Waals surface area contributed by atoms with Gasteiger partial charge in [-0.3, -0.25) is 9.59 Å². The highest BCUT2D eigenvalue weighted by Crippen LogP contribution is 2.30. The highest BCUT2D eigenvalue weighted by atomic mass is 35.5. The summed E-state index contributed by atoms with van der Waals surface area (Å²) in [6.07, 6.45) is 0. The van der Waals surface area contributed by atoms with Crippen LogP contribution in [0.4, 0.5) is 5.69 Å². The van der Waals surface area contributed by atoms with Crippen LogP contribution in [0.1, 0.15) is 17.3 Å². The molecule has 1 aromatic carbocycles. The van der Waals surface area contributed by atoms with Gasteiger partial charge in [-0.25, -0.2) is 0 Å². The third-order valence-electron chi connectivity index (χ3n) is 2.22. The first-order valence-corrected chi connectivity index (χ1v) is 6.40. The van der Waals surface area contributed by atoms with Gasteiger partial charge in [0.15, 0.2) is 0 Å². The summed E-state index contributed by atoms with van der Waals surface area (Å²) in [5, 5.41) is 5.42. The molecule has 2 amide bonds. The third kappa shape index (κ3) is 4.29. The van der Waals surface area contributed by atoms with Crippen LogP contribution >= 0.6 is 23.2 Å². The number of ether oxygens (including phenoxy) is 1. The molecule has 0 aromatic heterocycles. The average molecular weight is 305 g/mol. The molecule has 0 aliphatic carbocycles. The van der Waals surface area contributed by atoms with Crippen LogP contribution in [0.15, 0.2) is 12.1 Å². The van der Waals surface area contributed by atoms with Crippen molar-refractivity contribution in [2.24, 2.45) is 0 Å². The Labute approximate surface area is 121 Å². The van der Waals surface area contributed by atoms with Crippen molar-refractivity contribution in [3.05, 3.63) is 22.7 Å². The van der Waals surface area contributed by atoms with Gasteiger partial charge in [0, 0.05) is 25.4 Å². The molecule has 0 saturated carbocycles. The minimum atomic E-state index is -0.339. The van der Waals surface area contributed by atoms with Gasteiger partial charge in [-0.15, -0.1) is 11.6 Å². The van der Waals surface area contributed by atoms with Crippen LogP contribution in [-0.2, 0) is 4.79 Å². The number of rotatable bonds is 5. The van der Waals surface area contributed by atoms with Crippen LogP contribution < -0.4 is 15.4 Å². The van der Waals surface area contributed by atoms with E-state index in [0.717, 1.165) is 0 Å². The molecule has 5 nitrogen and oxygen atoms in total. The van der Waals surface area contributed by atoms with Crippen molar-refractivity contribution in [1.29, 1.82) is 0 Å². The molecule has 0 heterocycles.